The first-order chi connectivity index (χ1) is 10.8. The Morgan fingerprint density at radius 1 is 1.39 bits per heavy atom. The lowest BCUT2D eigenvalue weighted by Crippen LogP contribution is -2.41. The maximum Gasteiger partial charge on any atom is 0.274 e. The van der Waals surface area contributed by atoms with Crippen LogP contribution in [0.15, 0.2) is 12.4 Å². The molecule has 1 saturated heterocycles. The van der Waals surface area contributed by atoms with Gasteiger partial charge in [-0.2, -0.15) is 0 Å². The van der Waals surface area contributed by atoms with E-state index >= 15 is 0 Å². The molecule has 8 heteroatoms. The normalized spacial score (nSPS) is 19.7. The number of carbonyl (C=O) groups excluding carboxylic acids is 1. The quantitative estimate of drug-likeness (QED) is 0.836. The van der Waals surface area contributed by atoms with Crippen molar-refractivity contribution in [2.45, 2.75) is 33.2 Å². The molecule has 1 unspecified atom stereocenters. The fourth-order valence-electron chi connectivity index (χ4n) is 2.57. The van der Waals surface area contributed by atoms with Crippen LogP contribution in [-0.2, 0) is 9.84 Å². The van der Waals surface area contributed by atoms with Crippen LogP contribution < -0.4 is 5.32 Å². The first-order valence-corrected chi connectivity index (χ1v) is 9.72. The van der Waals surface area contributed by atoms with Crippen molar-refractivity contribution in [1.29, 1.82) is 0 Å². The molecule has 0 bridgehead atoms. The highest BCUT2D eigenvalue weighted by Crippen LogP contribution is 2.19. The van der Waals surface area contributed by atoms with Crippen LogP contribution in [0.3, 0.4) is 0 Å². The van der Waals surface area contributed by atoms with Crippen LogP contribution in [0.2, 0.25) is 0 Å². The van der Waals surface area contributed by atoms with E-state index in [9.17, 15) is 13.2 Å². The van der Waals surface area contributed by atoms with Gasteiger partial charge in [0, 0.05) is 19.1 Å². The first-order valence-electron chi connectivity index (χ1n) is 7.89. The average molecular weight is 340 g/mol. The number of hydrogen-bond donors (Lipinski definition) is 1. The molecule has 1 fully saturated rings. The van der Waals surface area contributed by atoms with Crippen LogP contribution in [0.25, 0.3) is 0 Å². The van der Waals surface area contributed by atoms with Gasteiger partial charge in [0.25, 0.3) is 5.91 Å². The Morgan fingerprint density at radius 3 is 2.61 bits per heavy atom. The molecule has 0 saturated carbocycles. The lowest BCUT2D eigenvalue weighted by molar-refractivity contribution is 0.0702. The van der Waals surface area contributed by atoms with Crippen molar-refractivity contribution in [3.05, 3.63) is 18.1 Å². The summed E-state index contributed by atoms with van der Waals surface area (Å²) in [6.07, 6.45) is 3.47. The van der Waals surface area contributed by atoms with E-state index in [1.165, 1.54) is 12.4 Å². The van der Waals surface area contributed by atoms with Crippen LogP contribution in [0.4, 0.5) is 5.82 Å². The van der Waals surface area contributed by atoms with Crippen molar-refractivity contribution < 1.29 is 13.2 Å². The number of sulfone groups is 1. The number of aromatic nitrogens is 2. The molecule has 0 aromatic carbocycles. The van der Waals surface area contributed by atoms with Crippen LogP contribution >= 0.6 is 0 Å². The molecule has 1 aliphatic heterocycles. The lowest BCUT2D eigenvalue weighted by Gasteiger charge is -2.26. The fourth-order valence-corrected chi connectivity index (χ4v) is 4.31. The molecule has 23 heavy (non-hydrogen) atoms. The average Bonchev–Trinajstić information content (AvgIpc) is 2.86. The number of hydrogen-bond acceptors (Lipinski definition) is 6. The molecule has 0 radical (unpaired) electrons. The van der Waals surface area contributed by atoms with Gasteiger partial charge in [-0.3, -0.25) is 4.79 Å². The van der Waals surface area contributed by atoms with Gasteiger partial charge in [-0.1, -0.05) is 13.8 Å². The molecule has 1 aromatic heterocycles. The molecule has 1 aromatic rings. The smallest absolute Gasteiger partial charge is 0.274 e. The summed E-state index contributed by atoms with van der Waals surface area (Å²) in [6, 6.07) is -0.266. The van der Waals surface area contributed by atoms with E-state index in [0.717, 1.165) is 6.54 Å². The number of rotatable bonds is 6. The first kappa shape index (κ1) is 17.7. The second kappa shape index (κ2) is 7.25. The molecule has 1 amide bonds. The number of carbonyl (C=O) groups is 1. The van der Waals surface area contributed by atoms with Gasteiger partial charge in [-0.05, 0) is 19.3 Å². The van der Waals surface area contributed by atoms with Gasteiger partial charge in [0.2, 0.25) is 0 Å². The maximum atomic E-state index is 12.6. The van der Waals surface area contributed by atoms with Gasteiger partial charge in [-0.15, -0.1) is 0 Å². The molecule has 128 valence electrons. The van der Waals surface area contributed by atoms with Gasteiger partial charge < -0.3 is 10.2 Å². The molecule has 0 spiro atoms. The third-order valence-electron chi connectivity index (χ3n) is 3.81. The van der Waals surface area contributed by atoms with Crippen molar-refractivity contribution in [3.8, 4) is 0 Å². The van der Waals surface area contributed by atoms with Crippen LogP contribution in [-0.4, -0.2) is 59.8 Å². The number of nitrogens with one attached hydrogen (secondary N) is 1. The SMILES string of the molecule is CCN(C(=O)c1cnc(NCC(C)C)cn1)C1CCS(=O)(=O)C1. The minimum atomic E-state index is -3.03. The molecular formula is C15H24N4O3S. The van der Waals surface area contributed by atoms with Crippen molar-refractivity contribution in [1.82, 2.24) is 14.9 Å². The highest BCUT2D eigenvalue weighted by molar-refractivity contribution is 7.91. The van der Waals surface area contributed by atoms with E-state index in [2.05, 4.69) is 29.1 Å². The predicted molar refractivity (Wildman–Crippen MR) is 89.1 cm³/mol. The van der Waals surface area contributed by atoms with Gasteiger partial charge in [-0.25, -0.2) is 18.4 Å². The lowest BCUT2D eigenvalue weighted by atomic mass is 10.2. The van der Waals surface area contributed by atoms with Gasteiger partial charge in [0.15, 0.2) is 9.84 Å². The summed E-state index contributed by atoms with van der Waals surface area (Å²) in [7, 11) is -3.03. The molecule has 1 aliphatic rings. The third-order valence-corrected chi connectivity index (χ3v) is 5.56. The Balaban J connectivity index is 2.06. The van der Waals surface area contributed by atoms with Crippen molar-refractivity contribution in [2.24, 2.45) is 5.92 Å². The van der Waals surface area contributed by atoms with Crippen LogP contribution in [0, 0.1) is 5.92 Å². The summed E-state index contributed by atoms with van der Waals surface area (Å²) in [6.45, 7) is 7.26. The van der Waals surface area contributed by atoms with Crippen LogP contribution in [0.5, 0.6) is 0 Å². The molecule has 0 aliphatic carbocycles. The summed E-state index contributed by atoms with van der Waals surface area (Å²) < 4.78 is 23.2. The minimum Gasteiger partial charge on any atom is -0.369 e. The van der Waals surface area contributed by atoms with Crippen molar-refractivity contribution >= 4 is 21.6 Å². The highest BCUT2D eigenvalue weighted by atomic mass is 32.2. The zero-order valence-corrected chi connectivity index (χ0v) is 14.6. The number of anilines is 1. The van der Waals surface area contributed by atoms with Crippen molar-refractivity contribution in [2.75, 3.05) is 29.9 Å². The monoisotopic (exact) mass is 340 g/mol. The molecular weight excluding hydrogens is 316 g/mol. The Labute approximate surface area is 137 Å². The molecule has 2 heterocycles. The number of nitrogens with zero attached hydrogens (tertiary/aromatic N) is 3. The van der Waals surface area contributed by atoms with E-state index in [-0.39, 0.29) is 29.1 Å². The van der Waals surface area contributed by atoms with Gasteiger partial charge in [0.05, 0.1) is 23.9 Å². The Bertz CT molecular complexity index is 643. The summed E-state index contributed by atoms with van der Waals surface area (Å²) in [5.41, 5.74) is 0.242. The van der Waals surface area contributed by atoms with Gasteiger partial charge >= 0.3 is 0 Å². The summed E-state index contributed by atoms with van der Waals surface area (Å²) >= 11 is 0. The zero-order chi connectivity index (χ0) is 17.0. The third kappa shape index (κ3) is 4.63. The fraction of sp³-hybridized carbons (Fsp3) is 0.667. The Morgan fingerprint density at radius 2 is 2.13 bits per heavy atom. The van der Waals surface area contributed by atoms with E-state index in [0.29, 0.717) is 24.7 Å². The number of amides is 1. The Hall–Kier alpha value is -1.70. The van der Waals surface area contributed by atoms with Crippen molar-refractivity contribution in [3.63, 3.8) is 0 Å². The second-order valence-corrected chi connectivity index (χ2v) is 8.44. The molecule has 7 nitrogen and oxygen atoms in total. The van der Waals surface area contributed by atoms with Gasteiger partial charge in [0.1, 0.15) is 11.5 Å². The summed E-state index contributed by atoms with van der Waals surface area (Å²) in [4.78, 5) is 22.5. The predicted octanol–water partition coefficient (Wildman–Crippen LogP) is 1.19. The van der Waals surface area contributed by atoms with Crippen LogP contribution in [0.1, 0.15) is 37.7 Å². The molecule has 1 atom stereocenters. The summed E-state index contributed by atoms with van der Waals surface area (Å²) in [5.74, 6) is 1.02. The molecule has 2 rings (SSSR count). The van der Waals surface area contributed by atoms with E-state index in [1.807, 2.05) is 6.92 Å². The highest BCUT2D eigenvalue weighted by Gasteiger charge is 2.34. The molecule has 1 N–H and O–H groups in total. The van der Waals surface area contributed by atoms with E-state index in [4.69, 9.17) is 0 Å². The largest absolute Gasteiger partial charge is 0.369 e. The van der Waals surface area contributed by atoms with E-state index < -0.39 is 9.84 Å². The summed E-state index contributed by atoms with van der Waals surface area (Å²) in [5, 5.41) is 3.14. The second-order valence-electron chi connectivity index (χ2n) is 6.21. The minimum absolute atomic E-state index is 0.0358. The maximum absolute atomic E-state index is 12.6. The Kier molecular flexibility index (Phi) is 5.56. The standard InChI is InChI=1S/C15H24N4O3S/c1-4-19(12-5-6-23(21,22)10-12)15(20)13-8-18-14(9-16-13)17-7-11(2)3/h8-9,11-12H,4-7,10H2,1-3H3,(H,17,18). The topological polar surface area (TPSA) is 92.3 Å². The zero-order valence-electron chi connectivity index (χ0n) is 13.8. The van der Waals surface area contributed by atoms with E-state index in [1.54, 1.807) is 4.90 Å².